The summed E-state index contributed by atoms with van der Waals surface area (Å²) in [4.78, 5) is 12.8. The first kappa shape index (κ1) is 7.50. The van der Waals surface area contributed by atoms with E-state index < -0.39 is 0 Å². The Bertz CT molecular complexity index is 131. The Morgan fingerprint density at radius 1 is 1.80 bits per heavy atom. The van der Waals surface area contributed by atoms with Crippen LogP contribution >= 0.6 is 0 Å². The standard InChI is InChI=1S/C6H13N3O/c1-9-3-5(4-9)8-6(10)2-7/h5H,2-4,7H2,1H3,(H,8,10). The summed E-state index contributed by atoms with van der Waals surface area (Å²) in [6, 6.07) is 0.334. The SMILES string of the molecule is CN1CC(NC(=O)CN)C1. The van der Waals surface area contributed by atoms with Crippen molar-refractivity contribution in [2.24, 2.45) is 5.73 Å². The normalized spacial score (nSPS) is 20.2. The average Bonchev–Trinajstić information content (AvgIpc) is 1.84. The molecule has 4 heteroatoms. The quantitative estimate of drug-likeness (QED) is 0.488. The summed E-state index contributed by atoms with van der Waals surface area (Å²) < 4.78 is 0. The second kappa shape index (κ2) is 2.98. The first-order valence-corrected chi connectivity index (χ1v) is 3.40. The van der Waals surface area contributed by atoms with E-state index in [4.69, 9.17) is 5.73 Å². The fourth-order valence-electron chi connectivity index (χ4n) is 1.08. The van der Waals surface area contributed by atoms with Crippen LogP contribution in [0.15, 0.2) is 0 Å². The first-order valence-electron chi connectivity index (χ1n) is 3.40. The number of nitrogens with two attached hydrogens (primary N) is 1. The summed E-state index contributed by atoms with van der Waals surface area (Å²) in [5.41, 5.74) is 5.11. The molecule has 10 heavy (non-hydrogen) atoms. The van der Waals surface area contributed by atoms with Crippen LogP contribution in [0, 0.1) is 0 Å². The van der Waals surface area contributed by atoms with Crippen molar-refractivity contribution in [2.75, 3.05) is 26.7 Å². The second-order valence-corrected chi connectivity index (χ2v) is 2.69. The maximum atomic E-state index is 10.7. The van der Waals surface area contributed by atoms with Gasteiger partial charge < -0.3 is 16.0 Å². The summed E-state index contributed by atoms with van der Waals surface area (Å²) in [7, 11) is 2.02. The number of nitrogens with zero attached hydrogens (tertiary/aromatic N) is 1. The number of hydrogen-bond donors (Lipinski definition) is 2. The van der Waals surface area contributed by atoms with E-state index in [1.165, 1.54) is 0 Å². The van der Waals surface area contributed by atoms with E-state index in [0.717, 1.165) is 13.1 Å². The van der Waals surface area contributed by atoms with Crippen LogP contribution in [0.1, 0.15) is 0 Å². The molecule has 3 N–H and O–H groups in total. The Morgan fingerprint density at radius 2 is 2.40 bits per heavy atom. The molecule has 0 saturated carbocycles. The van der Waals surface area contributed by atoms with E-state index in [1.54, 1.807) is 0 Å². The number of carbonyl (C=O) groups excluding carboxylic acids is 1. The van der Waals surface area contributed by atoms with E-state index in [0.29, 0.717) is 6.04 Å². The van der Waals surface area contributed by atoms with Gasteiger partial charge in [0.25, 0.3) is 0 Å². The van der Waals surface area contributed by atoms with E-state index in [1.807, 2.05) is 7.05 Å². The van der Waals surface area contributed by atoms with Crippen molar-refractivity contribution in [3.8, 4) is 0 Å². The van der Waals surface area contributed by atoms with E-state index in [-0.39, 0.29) is 12.5 Å². The topological polar surface area (TPSA) is 58.4 Å². The number of likely N-dealkylation sites (tertiary alicyclic amines) is 1. The highest BCUT2D eigenvalue weighted by molar-refractivity contribution is 5.78. The van der Waals surface area contributed by atoms with Crippen LogP contribution in [-0.4, -0.2) is 43.5 Å². The van der Waals surface area contributed by atoms with Gasteiger partial charge in [-0.15, -0.1) is 0 Å². The predicted molar refractivity (Wildman–Crippen MR) is 38.5 cm³/mol. The molecule has 1 aliphatic rings. The Kier molecular flexibility index (Phi) is 2.24. The van der Waals surface area contributed by atoms with Gasteiger partial charge in [0.1, 0.15) is 0 Å². The van der Waals surface area contributed by atoms with Crippen molar-refractivity contribution in [3.05, 3.63) is 0 Å². The van der Waals surface area contributed by atoms with Crippen LogP contribution in [-0.2, 0) is 4.79 Å². The minimum absolute atomic E-state index is 0.0573. The average molecular weight is 143 g/mol. The molecule has 1 fully saturated rings. The summed E-state index contributed by atoms with van der Waals surface area (Å²) in [5, 5.41) is 2.79. The maximum absolute atomic E-state index is 10.7. The number of nitrogens with one attached hydrogen (secondary N) is 1. The zero-order chi connectivity index (χ0) is 7.56. The van der Waals surface area contributed by atoms with Crippen molar-refractivity contribution in [2.45, 2.75) is 6.04 Å². The summed E-state index contributed by atoms with van der Waals surface area (Å²) in [6.45, 7) is 2.00. The number of rotatable bonds is 2. The van der Waals surface area contributed by atoms with Crippen molar-refractivity contribution in [3.63, 3.8) is 0 Å². The lowest BCUT2D eigenvalue weighted by atomic mass is 10.1. The Morgan fingerprint density at radius 3 is 2.80 bits per heavy atom. The molecule has 0 aromatic carbocycles. The van der Waals surface area contributed by atoms with Crippen molar-refractivity contribution in [1.29, 1.82) is 0 Å². The lowest BCUT2D eigenvalue weighted by Crippen LogP contribution is -2.58. The van der Waals surface area contributed by atoms with Gasteiger partial charge in [-0.2, -0.15) is 0 Å². The van der Waals surface area contributed by atoms with Gasteiger partial charge >= 0.3 is 0 Å². The molecular formula is C6H13N3O. The molecular weight excluding hydrogens is 130 g/mol. The third-order valence-electron chi connectivity index (χ3n) is 1.61. The molecule has 1 saturated heterocycles. The van der Waals surface area contributed by atoms with Gasteiger partial charge in [-0.1, -0.05) is 0 Å². The van der Waals surface area contributed by atoms with Gasteiger partial charge in [0.15, 0.2) is 0 Å². The maximum Gasteiger partial charge on any atom is 0.234 e. The van der Waals surface area contributed by atoms with E-state index >= 15 is 0 Å². The van der Waals surface area contributed by atoms with Crippen LogP contribution in [0.25, 0.3) is 0 Å². The lowest BCUT2D eigenvalue weighted by Gasteiger charge is -2.36. The fourth-order valence-corrected chi connectivity index (χ4v) is 1.08. The van der Waals surface area contributed by atoms with Crippen molar-refractivity contribution < 1.29 is 4.79 Å². The van der Waals surface area contributed by atoms with Gasteiger partial charge in [-0.3, -0.25) is 4.79 Å². The van der Waals surface area contributed by atoms with E-state index in [9.17, 15) is 4.79 Å². The molecule has 1 amide bonds. The fraction of sp³-hybridized carbons (Fsp3) is 0.833. The summed E-state index contributed by atoms with van der Waals surface area (Å²) in [6.07, 6.45) is 0. The smallest absolute Gasteiger partial charge is 0.234 e. The summed E-state index contributed by atoms with van der Waals surface area (Å²) >= 11 is 0. The van der Waals surface area contributed by atoms with E-state index in [2.05, 4.69) is 10.2 Å². The Hall–Kier alpha value is -0.610. The van der Waals surface area contributed by atoms with Crippen molar-refractivity contribution in [1.82, 2.24) is 10.2 Å². The van der Waals surface area contributed by atoms with Gasteiger partial charge in [0, 0.05) is 13.1 Å². The molecule has 0 bridgehead atoms. The van der Waals surface area contributed by atoms with Gasteiger partial charge in [-0.25, -0.2) is 0 Å². The third-order valence-corrected chi connectivity index (χ3v) is 1.61. The third kappa shape index (κ3) is 1.68. The molecule has 1 aliphatic heterocycles. The first-order chi connectivity index (χ1) is 4.72. The molecule has 0 atom stereocenters. The minimum Gasteiger partial charge on any atom is -0.350 e. The number of hydrogen-bond acceptors (Lipinski definition) is 3. The van der Waals surface area contributed by atoms with Crippen molar-refractivity contribution >= 4 is 5.91 Å². The molecule has 4 nitrogen and oxygen atoms in total. The zero-order valence-electron chi connectivity index (χ0n) is 6.13. The predicted octanol–water partition coefficient (Wildman–Crippen LogP) is -1.62. The van der Waals surface area contributed by atoms with Crippen LogP contribution in [0.3, 0.4) is 0 Å². The lowest BCUT2D eigenvalue weighted by molar-refractivity contribution is -0.121. The highest BCUT2D eigenvalue weighted by atomic mass is 16.1. The molecule has 0 unspecified atom stereocenters. The molecule has 58 valence electrons. The molecule has 0 aromatic heterocycles. The largest absolute Gasteiger partial charge is 0.350 e. The van der Waals surface area contributed by atoms with Crippen LogP contribution in [0.4, 0.5) is 0 Å². The van der Waals surface area contributed by atoms with Gasteiger partial charge in [0.05, 0.1) is 12.6 Å². The van der Waals surface area contributed by atoms with Crippen LogP contribution in [0.2, 0.25) is 0 Å². The molecule has 0 aromatic rings. The number of amides is 1. The zero-order valence-corrected chi connectivity index (χ0v) is 6.13. The number of carbonyl (C=O) groups is 1. The molecule has 1 rings (SSSR count). The minimum atomic E-state index is -0.0573. The van der Waals surface area contributed by atoms with Gasteiger partial charge in [-0.05, 0) is 7.05 Å². The highest BCUT2D eigenvalue weighted by Crippen LogP contribution is 2.02. The van der Waals surface area contributed by atoms with Gasteiger partial charge in [0.2, 0.25) is 5.91 Å². The van der Waals surface area contributed by atoms with Crippen LogP contribution < -0.4 is 11.1 Å². The van der Waals surface area contributed by atoms with Crippen LogP contribution in [0.5, 0.6) is 0 Å². The molecule has 0 spiro atoms. The highest BCUT2D eigenvalue weighted by Gasteiger charge is 2.23. The molecule has 0 radical (unpaired) electrons. The molecule has 0 aliphatic carbocycles. The number of likely N-dealkylation sites (N-methyl/N-ethyl adjacent to an activating group) is 1. The second-order valence-electron chi connectivity index (χ2n) is 2.69. The Balaban J connectivity index is 2.10. The summed E-state index contributed by atoms with van der Waals surface area (Å²) in [5.74, 6) is -0.0573. The monoisotopic (exact) mass is 143 g/mol. The Labute approximate surface area is 60.4 Å². The molecule has 1 heterocycles.